The summed E-state index contributed by atoms with van der Waals surface area (Å²) in [5.41, 5.74) is 0.269. The molecule has 3 heterocycles. The van der Waals surface area contributed by atoms with Gasteiger partial charge in [0.05, 0.1) is 29.6 Å². The standard InChI is InChI=1S/C21H21F2N5O4/c1-11(2)32-21(31)27-5-3-12(4-6-27)28-19-10-24-17(9-18(19)25-26-28)13-7-16(23)14(20(29)30)8-15(13)22/h7-12H,3-6H2,1-2H3,(H,29,30). The Morgan fingerprint density at radius 1 is 1.16 bits per heavy atom. The fourth-order valence-electron chi connectivity index (χ4n) is 3.73. The summed E-state index contributed by atoms with van der Waals surface area (Å²) < 4.78 is 35.4. The van der Waals surface area contributed by atoms with Crippen LogP contribution in [-0.4, -0.2) is 61.2 Å². The maximum Gasteiger partial charge on any atom is 0.410 e. The molecule has 1 aromatic carbocycles. The Kier molecular flexibility index (Phi) is 5.72. The van der Waals surface area contributed by atoms with Crippen molar-refractivity contribution >= 4 is 23.1 Å². The number of carboxylic acids is 1. The molecule has 2 aromatic heterocycles. The van der Waals surface area contributed by atoms with Crippen molar-refractivity contribution in [2.24, 2.45) is 0 Å². The number of piperidine rings is 1. The highest BCUT2D eigenvalue weighted by Crippen LogP contribution is 2.29. The third-order valence-electron chi connectivity index (χ3n) is 5.33. The van der Waals surface area contributed by atoms with Crippen LogP contribution in [0.4, 0.5) is 13.6 Å². The molecule has 0 atom stereocenters. The number of ether oxygens (including phenoxy) is 1. The van der Waals surface area contributed by atoms with Gasteiger partial charge < -0.3 is 14.7 Å². The Bertz CT molecular complexity index is 1190. The molecular weight excluding hydrogens is 424 g/mol. The number of carbonyl (C=O) groups is 2. The Hall–Kier alpha value is -3.63. The highest BCUT2D eigenvalue weighted by Gasteiger charge is 2.27. The van der Waals surface area contributed by atoms with E-state index >= 15 is 0 Å². The summed E-state index contributed by atoms with van der Waals surface area (Å²) in [5, 5.41) is 17.3. The molecule has 4 rings (SSSR count). The van der Waals surface area contributed by atoms with E-state index in [1.165, 1.54) is 12.3 Å². The molecule has 1 saturated heterocycles. The molecule has 32 heavy (non-hydrogen) atoms. The number of aromatic nitrogens is 4. The number of nitrogens with zero attached hydrogens (tertiary/aromatic N) is 5. The van der Waals surface area contributed by atoms with E-state index in [9.17, 15) is 18.4 Å². The first-order valence-corrected chi connectivity index (χ1v) is 10.1. The van der Waals surface area contributed by atoms with Gasteiger partial charge >= 0.3 is 12.1 Å². The van der Waals surface area contributed by atoms with Crippen molar-refractivity contribution in [3.63, 3.8) is 0 Å². The molecule has 3 aromatic rings. The summed E-state index contributed by atoms with van der Waals surface area (Å²) in [4.78, 5) is 28.9. The van der Waals surface area contributed by atoms with E-state index in [2.05, 4.69) is 15.3 Å². The van der Waals surface area contributed by atoms with Crippen molar-refractivity contribution in [1.29, 1.82) is 0 Å². The summed E-state index contributed by atoms with van der Waals surface area (Å²) in [6, 6.07) is 2.92. The number of carbonyl (C=O) groups excluding carboxylic acids is 1. The fourth-order valence-corrected chi connectivity index (χ4v) is 3.73. The lowest BCUT2D eigenvalue weighted by atomic mass is 10.0. The van der Waals surface area contributed by atoms with Crippen molar-refractivity contribution in [3.8, 4) is 11.3 Å². The Morgan fingerprint density at radius 3 is 2.53 bits per heavy atom. The van der Waals surface area contributed by atoms with Crippen molar-refractivity contribution in [2.45, 2.75) is 38.8 Å². The monoisotopic (exact) mass is 445 g/mol. The molecule has 1 aliphatic heterocycles. The van der Waals surface area contributed by atoms with Crippen LogP contribution in [0.1, 0.15) is 43.1 Å². The second-order valence-electron chi connectivity index (χ2n) is 7.86. The van der Waals surface area contributed by atoms with Crippen LogP contribution in [0.25, 0.3) is 22.3 Å². The van der Waals surface area contributed by atoms with Crippen LogP contribution in [0.15, 0.2) is 24.4 Å². The van der Waals surface area contributed by atoms with Gasteiger partial charge in [0.2, 0.25) is 0 Å². The summed E-state index contributed by atoms with van der Waals surface area (Å²) in [7, 11) is 0. The summed E-state index contributed by atoms with van der Waals surface area (Å²) in [6.45, 7) is 4.63. The average Bonchev–Trinajstić information content (AvgIpc) is 3.17. The van der Waals surface area contributed by atoms with Gasteiger partial charge in [0.1, 0.15) is 22.7 Å². The predicted octanol–water partition coefficient (Wildman–Crippen LogP) is 3.65. The number of pyridine rings is 1. The minimum Gasteiger partial charge on any atom is -0.478 e. The Labute approximate surface area is 181 Å². The van der Waals surface area contributed by atoms with Crippen LogP contribution < -0.4 is 0 Å². The third-order valence-corrected chi connectivity index (χ3v) is 5.33. The van der Waals surface area contributed by atoms with Crippen LogP contribution in [0, 0.1) is 11.6 Å². The van der Waals surface area contributed by atoms with Gasteiger partial charge in [0, 0.05) is 18.7 Å². The van der Waals surface area contributed by atoms with Crippen LogP contribution in [0.2, 0.25) is 0 Å². The maximum absolute atomic E-state index is 14.4. The zero-order valence-corrected chi connectivity index (χ0v) is 17.5. The van der Waals surface area contributed by atoms with Crippen molar-refractivity contribution in [2.75, 3.05) is 13.1 Å². The molecule has 1 N–H and O–H groups in total. The van der Waals surface area contributed by atoms with Crippen LogP contribution in [0.5, 0.6) is 0 Å². The number of aromatic carboxylic acids is 1. The van der Waals surface area contributed by atoms with Crippen LogP contribution in [0.3, 0.4) is 0 Å². The van der Waals surface area contributed by atoms with Gasteiger partial charge in [-0.25, -0.2) is 23.1 Å². The van der Waals surface area contributed by atoms with Gasteiger partial charge in [-0.2, -0.15) is 0 Å². The van der Waals surface area contributed by atoms with Gasteiger partial charge in [-0.05, 0) is 44.9 Å². The first kappa shape index (κ1) is 21.6. The molecule has 0 spiro atoms. The number of carboxylic acid groups (broad SMARTS) is 1. The lowest BCUT2D eigenvalue weighted by molar-refractivity contribution is 0.0652. The highest BCUT2D eigenvalue weighted by molar-refractivity contribution is 5.89. The molecule has 11 heteroatoms. The quantitative estimate of drug-likeness (QED) is 0.653. The third kappa shape index (κ3) is 4.10. The van der Waals surface area contributed by atoms with Gasteiger partial charge in [-0.3, -0.25) is 4.98 Å². The minimum atomic E-state index is -1.55. The Morgan fingerprint density at radius 2 is 1.88 bits per heavy atom. The van der Waals surface area contributed by atoms with Gasteiger partial charge in [0.25, 0.3) is 0 Å². The number of amides is 1. The topological polar surface area (TPSA) is 110 Å². The van der Waals surface area contributed by atoms with E-state index in [-0.39, 0.29) is 29.5 Å². The molecule has 168 valence electrons. The van der Waals surface area contributed by atoms with E-state index in [1.54, 1.807) is 23.4 Å². The minimum absolute atomic E-state index is 0.000203. The van der Waals surface area contributed by atoms with Crippen molar-refractivity contribution in [3.05, 3.63) is 41.6 Å². The first-order chi connectivity index (χ1) is 15.2. The van der Waals surface area contributed by atoms with Gasteiger partial charge in [-0.1, -0.05) is 5.21 Å². The number of hydrogen-bond donors (Lipinski definition) is 1. The molecule has 0 bridgehead atoms. The first-order valence-electron chi connectivity index (χ1n) is 10.1. The van der Waals surface area contributed by atoms with Gasteiger partial charge in [-0.15, -0.1) is 5.10 Å². The number of rotatable bonds is 4. The van der Waals surface area contributed by atoms with Crippen LogP contribution >= 0.6 is 0 Å². The maximum atomic E-state index is 14.4. The predicted molar refractivity (Wildman–Crippen MR) is 109 cm³/mol. The fraction of sp³-hybridized carbons (Fsp3) is 0.381. The Balaban J connectivity index is 1.55. The van der Waals surface area contributed by atoms with E-state index in [0.717, 1.165) is 6.07 Å². The second kappa shape index (κ2) is 8.48. The summed E-state index contributed by atoms with van der Waals surface area (Å²) >= 11 is 0. The second-order valence-corrected chi connectivity index (χ2v) is 7.86. The van der Waals surface area contributed by atoms with E-state index in [0.29, 0.717) is 43.0 Å². The highest BCUT2D eigenvalue weighted by atomic mass is 19.1. The number of fused-ring (bicyclic) bond motifs is 1. The molecule has 1 fully saturated rings. The molecule has 9 nitrogen and oxygen atoms in total. The largest absolute Gasteiger partial charge is 0.478 e. The smallest absolute Gasteiger partial charge is 0.410 e. The van der Waals surface area contributed by atoms with Gasteiger partial charge in [0.15, 0.2) is 0 Å². The zero-order valence-electron chi connectivity index (χ0n) is 17.5. The zero-order chi connectivity index (χ0) is 23.0. The van der Waals surface area contributed by atoms with Crippen molar-refractivity contribution in [1.82, 2.24) is 24.9 Å². The number of halogens is 2. The molecule has 0 aliphatic carbocycles. The molecule has 0 saturated carbocycles. The molecule has 0 unspecified atom stereocenters. The van der Waals surface area contributed by atoms with Crippen molar-refractivity contribution < 1.29 is 28.2 Å². The molecule has 0 radical (unpaired) electrons. The SMILES string of the molecule is CC(C)OC(=O)N1CCC(n2nnc3cc(-c4cc(F)c(C(=O)O)cc4F)ncc32)CC1. The van der Waals surface area contributed by atoms with E-state index < -0.39 is 23.2 Å². The van der Waals surface area contributed by atoms with Crippen LogP contribution in [-0.2, 0) is 4.74 Å². The number of benzene rings is 1. The van der Waals surface area contributed by atoms with E-state index in [1.807, 2.05) is 0 Å². The summed E-state index contributed by atoms with van der Waals surface area (Å²) in [5.74, 6) is -3.51. The van der Waals surface area contributed by atoms with E-state index in [4.69, 9.17) is 9.84 Å². The molecule has 1 amide bonds. The molecular formula is C21H21F2N5O4. The normalized spacial score (nSPS) is 14.8. The lowest BCUT2D eigenvalue weighted by Gasteiger charge is -2.31. The molecule has 1 aliphatic rings. The summed E-state index contributed by atoms with van der Waals surface area (Å²) in [6.07, 6.45) is 2.27. The lowest BCUT2D eigenvalue weighted by Crippen LogP contribution is -2.40. The number of hydrogen-bond acceptors (Lipinski definition) is 6. The average molecular weight is 445 g/mol. The number of likely N-dealkylation sites (tertiary alicyclic amines) is 1.